The molecule has 1 aliphatic heterocycles. The Hall–Kier alpha value is -1.43. The summed E-state index contributed by atoms with van der Waals surface area (Å²) >= 11 is 1.84. The normalized spacial score (nSPS) is 27.1. The number of thiophene rings is 1. The maximum atomic E-state index is 12.4. The van der Waals surface area contributed by atoms with E-state index in [1.165, 1.54) is 21.2 Å². The smallest absolute Gasteiger partial charge is 0.225 e. The summed E-state index contributed by atoms with van der Waals surface area (Å²) < 4.78 is 1.38. The minimum atomic E-state index is -0.290. The first kappa shape index (κ1) is 17.0. The molecule has 1 amide bonds. The number of aliphatic hydroxyl groups is 1. The summed E-state index contributed by atoms with van der Waals surface area (Å²) in [5, 5.41) is 16.4. The van der Waals surface area contributed by atoms with Gasteiger partial charge in [-0.2, -0.15) is 0 Å². The zero-order valence-corrected chi connectivity index (χ0v) is 15.7. The number of aliphatic hydroxyl groups excluding tert-OH is 1. The summed E-state index contributed by atoms with van der Waals surface area (Å²) in [6.07, 6.45) is 2.76. The Kier molecular flexibility index (Phi) is 4.56. The maximum Gasteiger partial charge on any atom is 0.225 e. The summed E-state index contributed by atoms with van der Waals surface area (Å²) in [5.41, 5.74) is 2.93. The van der Waals surface area contributed by atoms with Gasteiger partial charge in [0.25, 0.3) is 0 Å². The largest absolute Gasteiger partial charge is 0.396 e. The Morgan fingerprint density at radius 1 is 1.48 bits per heavy atom. The number of likely N-dealkylation sites (tertiary alicyclic amines) is 1. The van der Waals surface area contributed by atoms with Gasteiger partial charge in [0.05, 0.1) is 12.5 Å². The molecular weight excluding hydrogens is 332 g/mol. The molecule has 1 aliphatic carbocycles. The molecule has 1 fully saturated rings. The molecule has 2 heterocycles. The molecule has 1 aromatic heterocycles. The molecule has 2 aromatic rings. The fraction of sp³-hybridized carbons (Fsp3) is 0.550. The molecule has 4 atom stereocenters. The number of likely N-dealkylation sites (N-methyl/N-ethyl adjacent to an activating group) is 1. The lowest BCUT2D eigenvalue weighted by Gasteiger charge is -2.45. The van der Waals surface area contributed by atoms with E-state index in [1.54, 1.807) is 0 Å². The van der Waals surface area contributed by atoms with Gasteiger partial charge in [-0.05, 0) is 54.3 Å². The standard InChI is InChI=1S/C20H26N2O2S/c1-3-12(10-23)20(24)21-14-8-16-15-5-4-6-18-19(15)13(11-25-18)7-17(16)22(2)9-14/h4-6,11-12,14,16-17,23H,3,7-10H2,1-2H3,(H,21,24). The molecule has 0 bridgehead atoms. The van der Waals surface area contributed by atoms with Gasteiger partial charge in [-0.1, -0.05) is 19.1 Å². The number of benzene rings is 1. The SMILES string of the molecule is CCC(CO)C(=O)NC1CC2c3cccc4scc(c34)CC2N(C)C1. The number of rotatable bonds is 4. The fourth-order valence-corrected chi connectivity index (χ4v) is 5.66. The first-order valence-corrected chi connectivity index (χ1v) is 10.1. The molecule has 134 valence electrons. The molecular formula is C20H26N2O2S. The fourth-order valence-electron chi connectivity index (χ4n) is 4.65. The monoisotopic (exact) mass is 358 g/mol. The van der Waals surface area contributed by atoms with E-state index in [0.717, 1.165) is 19.4 Å². The van der Waals surface area contributed by atoms with E-state index in [4.69, 9.17) is 0 Å². The van der Waals surface area contributed by atoms with Gasteiger partial charge in [0, 0.05) is 29.2 Å². The molecule has 0 radical (unpaired) electrons. The zero-order chi connectivity index (χ0) is 17.6. The number of fused-ring (bicyclic) bond motifs is 2. The Bertz CT molecular complexity index is 783. The molecule has 25 heavy (non-hydrogen) atoms. The van der Waals surface area contributed by atoms with Gasteiger partial charge in [-0.15, -0.1) is 11.3 Å². The molecule has 0 spiro atoms. The topological polar surface area (TPSA) is 52.6 Å². The zero-order valence-electron chi connectivity index (χ0n) is 14.9. The lowest BCUT2D eigenvalue weighted by atomic mass is 9.74. The Balaban J connectivity index is 1.60. The van der Waals surface area contributed by atoms with Crippen molar-refractivity contribution in [2.24, 2.45) is 5.92 Å². The summed E-state index contributed by atoms with van der Waals surface area (Å²) in [6, 6.07) is 7.32. The molecule has 4 unspecified atom stereocenters. The van der Waals surface area contributed by atoms with Gasteiger partial charge in [0.1, 0.15) is 0 Å². The van der Waals surface area contributed by atoms with Gasteiger partial charge in [-0.3, -0.25) is 4.79 Å². The second kappa shape index (κ2) is 6.71. The van der Waals surface area contributed by atoms with Crippen LogP contribution in [0.15, 0.2) is 23.6 Å². The molecule has 2 aliphatic rings. The van der Waals surface area contributed by atoms with Crippen molar-refractivity contribution >= 4 is 27.3 Å². The van der Waals surface area contributed by atoms with Crippen LogP contribution in [0.1, 0.15) is 36.8 Å². The van der Waals surface area contributed by atoms with E-state index >= 15 is 0 Å². The number of carbonyl (C=O) groups is 1. The third-order valence-electron chi connectivity index (χ3n) is 6.04. The van der Waals surface area contributed by atoms with Crippen LogP contribution >= 0.6 is 11.3 Å². The highest BCUT2D eigenvalue weighted by Crippen LogP contribution is 2.44. The van der Waals surface area contributed by atoms with Gasteiger partial charge in [0.2, 0.25) is 5.91 Å². The van der Waals surface area contributed by atoms with Crippen LogP contribution in [-0.2, 0) is 11.2 Å². The number of hydrogen-bond acceptors (Lipinski definition) is 4. The van der Waals surface area contributed by atoms with Gasteiger partial charge >= 0.3 is 0 Å². The van der Waals surface area contributed by atoms with Crippen LogP contribution < -0.4 is 5.32 Å². The van der Waals surface area contributed by atoms with Crippen molar-refractivity contribution in [2.75, 3.05) is 20.2 Å². The quantitative estimate of drug-likeness (QED) is 0.884. The minimum Gasteiger partial charge on any atom is -0.396 e. The van der Waals surface area contributed by atoms with Gasteiger partial charge in [0.15, 0.2) is 0 Å². The van der Waals surface area contributed by atoms with Crippen LogP contribution in [0.3, 0.4) is 0 Å². The van der Waals surface area contributed by atoms with Crippen molar-refractivity contribution in [3.63, 3.8) is 0 Å². The maximum absolute atomic E-state index is 12.4. The molecule has 4 rings (SSSR count). The molecule has 4 nitrogen and oxygen atoms in total. The summed E-state index contributed by atoms with van der Waals surface area (Å²) in [6.45, 7) is 2.75. The molecule has 1 saturated heterocycles. The van der Waals surface area contributed by atoms with E-state index in [1.807, 2.05) is 18.3 Å². The number of piperidine rings is 1. The van der Waals surface area contributed by atoms with Crippen LogP contribution in [-0.4, -0.2) is 48.2 Å². The lowest BCUT2D eigenvalue weighted by molar-refractivity contribution is -0.127. The number of nitrogens with one attached hydrogen (secondary N) is 1. The summed E-state index contributed by atoms with van der Waals surface area (Å²) in [7, 11) is 2.18. The van der Waals surface area contributed by atoms with Crippen LogP contribution in [0, 0.1) is 5.92 Å². The average molecular weight is 359 g/mol. The van der Waals surface area contributed by atoms with Crippen LogP contribution in [0.5, 0.6) is 0 Å². The van der Waals surface area contributed by atoms with Crippen molar-refractivity contribution in [3.05, 3.63) is 34.7 Å². The van der Waals surface area contributed by atoms with Crippen LogP contribution in [0.4, 0.5) is 0 Å². The molecule has 0 saturated carbocycles. The number of hydrogen-bond donors (Lipinski definition) is 2. The Morgan fingerprint density at radius 2 is 2.32 bits per heavy atom. The first-order chi connectivity index (χ1) is 12.1. The Labute approximate surface area is 152 Å². The van der Waals surface area contributed by atoms with Crippen molar-refractivity contribution in [1.82, 2.24) is 10.2 Å². The first-order valence-electron chi connectivity index (χ1n) is 9.22. The van der Waals surface area contributed by atoms with Gasteiger partial charge in [-0.25, -0.2) is 0 Å². The van der Waals surface area contributed by atoms with E-state index in [0.29, 0.717) is 18.4 Å². The third-order valence-corrected chi connectivity index (χ3v) is 7.04. The lowest BCUT2D eigenvalue weighted by Crippen LogP contribution is -2.55. The number of nitrogens with zero attached hydrogens (tertiary/aromatic N) is 1. The van der Waals surface area contributed by atoms with Gasteiger partial charge < -0.3 is 15.3 Å². The third kappa shape index (κ3) is 2.88. The predicted molar refractivity (Wildman–Crippen MR) is 102 cm³/mol. The predicted octanol–water partition coefficient (Wildman–Crippen LogP) is 2.75. The highest BCUT2D eigenvalue weighted by molar-refractivity contribution is 7.17. The van der Waals surface area contributed by atoms with E-state index < -0.39 is 0 Å². The van der Waals surface area contributed by atoms with E-state index in [9.17, 15) is 9.90 Å². The van der Waals surface area contributed by atoms with Crippen LogP contribution in [0.2, 0.25) is 0 Å². The highest BCUT2D eigenvalue weighted by atomic mass is 32.1. The summed E-state index contributed by atoms with van der Waals surface area (Å²) in [5.74, 6) is 0.164. The molecule has 1 aromatic carbocycles. The molecule has 5 heteroatoms. The van der Waals surface area contributed by atoms with Crippen LogP contribution in [0.25, 0.3) is 10.1 Å². The highest BCUT2D eigenvalue weighted by Gasteiger charge is 2.40. The Morgan fingerprint density at radius 3 is 3.08 bits per heavy atom. The van der Waals surface area contributed by atoms with Crippen molar-refractivity contribution in [1.29, 1.82) is 0 Å². The minimum absolute atomic E-state index is 0.00732. The van der Waals surface area contributed by atoms with E-state index in [2.05, 4.69) is 40.8 Å². The van der Waals surface area contributed by atoms with Crippen molar-refractivity contribution in [3.8, 4) is 0 Å². The number of carbonyl (C=O) groups excluding carboxylic acids is 1. The second-order valence-corrected chi connectivity index (χ2v) is 8.44. The number of amides is 1. The second-order valence-electron chi connectivity index (χ2n) is 7.53. The van der Waals surface area contributed by atoms with Crippen molar-refractivity contribution < 1.29 is 9.90 Å². The summed E-state index contributed by atoms with van der Waals surface area (Å²) in [4.78, 5) is 14.8. The van der Waals surface area contributed by atoms with E-state index in [-0.39, 0.29) is 24.5 Å². The molecule has 2 N–H and O–H groups in total. The van der Waals surface area contributed by atoms with Crippen molar-refractivity contribution in [2.45, 2.75) is 44.2 Å². The average Bonchev–Trinajstić information content (AvgIpc) is 3.02.